The van der Waals surface area contributed by atoms with Gasteiger partial charge in [0.2, 0.25) is 5.88 Å². The van der Waals surface area contributed by atoms with Crippen LogP contribution in [-0.2, 0) is 6.18 Å². The summed E-state index contributed by atoms with van der Waals surface area (Å²) in [4.78, 5) is 28.4. The van der Waals surface area contributed by atoms with Crippen LogP contribution in [0.3, 0.4) is 0 Å². The largest absolute Gasteiger partial charge is 0.472 e. The lowest BCUT2D eigenvalue weighted by molar-refractivity contribution is -0.137. The Kier molecular flexibility index (Phi) is 5.71. The summed E-state index contributed by atoms with van der Waals surface area (Å²) in [7, 11) is 0. The normalized spacial score (nSPS) is 22.0. The zero-order valence-corrected chi connectivity index (χ0v) is 18.5. The van der Waals surface area contributed by atoms with Crippen molar-refractivity contribution in [3.05, 3.63) is 71.7 Å². The Balaban J connectivity index is 1.40. The van der Waals surface area contributed by atoms with Crippen molar-refractivity contribution in [1.82, 2.24) is 19.9 Å². The molecule has 2 saturated heterocycles. The van der Waals surface area contributed by atoms with Crippen LogP contribution in [0.5, 0.6) is 5.88 Å². The number of rotatable bonds is 4. The van der Waals surface area contributed by atoms with Crippen molar-refractivity contribution in [1.29, 1.82) is 0 Å². The second-order valence-electron chi connectivity index (χ2n) is 8.81. The molecule has 1 aliphatic carbocycles. The van der Waals surface area contributed by atoms with Gasteiger partial charge in [-0.1, -0.05) is 6.07 Å². The average Bonchev–Trinajstić information content (AvgIpc) is 2.84. The van der Waals surface area contributed by atoms with Crippen molar-refractivity contribution in [3.8, 4) is 17.3 Å². The number of aryl methyl sites for hydroxylation is 1. The van der Waals surface area contributed by atoms with Crippen LogP contribution >= 0.6 is 0 Å². The molecule has 0 N–H and O–H groups in total. The Bertz CT molecular complexity index is 1190. The van der Waals surface area contributed by atoms with Crippen molar-refractivity contribution in [2.45, 2.75) is 44.5 Å². The molecule has 3 aliphatic rings. The van der Waals surface area contributed by atoms with E-state index in [1.54, 1.807) is 12.3 Å². The van der Waals surface area contributed by atoms with Crippen molar-refractivity contribution in [2.24, 2.45) is 5.92 Å². The number of aromatic nitrogens is 3. The van der Waals surface area contributed by atoms with E-state index in [0.717, 1.165) is 37.2 Å². The molecule has 1 unspecified atom stereocenters. The minimum atomic E-state index is -4.45. The van der Waals surface area contributed by atoms with Crippen LogP contribution in [0.4, 0.5) is 13.2 Å². The third kappa shape index (κ3) is 4.34. The molecule has 9 heteroatoms. The van der Waals surface area contributed by atoms with Crippen LogP contribution in [0, 0.1) is 12.8 Å². The van der Waals surface area contributed by atoms with Gasteiger partial charge in [-0.15, -0.1) is 0 Å². The fraction of sp³-hybridized carbons (Fsp3) is 0.360. The topological polar surface area (TPSA) is 68.2 Å². The van der Waals surface area contributed by atoms with Gasteiger partial charge in [-0.2, -0.15) is 13.2 Å². The smallest absolute Gasteiger partial charge is 0.417 e. The van der Waals surface area contributed by atoms with Gasteiger partial charge in [0.25, 0.3) is 5.91 Å². The molecule has 6 rings (SSSR count). The number of alkyl halides is 3. The number of amides is 1. The Labute approximate surface area is 194 Å². The van der Waals surface area contributed by atoms with Crippen LogP contribution in [0.15, 0.2) is 54.9 Å². The molecule has 0 aromatic carbocycles. The predicted molar refractivity (Wildman–Crippen MR) is 118 cm³/mol. The molecule has 176 valence electrons. The minimum absolute atomic E-state index is 0.129. The fourth-order valence-corrected chi connectivity index (χ4v) is 4.85. The molecule has 2 bridgehead atoms. The molecule has 6 nitrogen and oxygen atoms in total. The minimum Gasteiger partial charge on any atom is -0.472 e. The number of fused-ring (bicyclic) bond motifs is 3. The fourth-order valence-electron chi connectivity index (χ4n) is 4.85. The summed E-state index contributed by atoms with van der Waals surface area (Å²) in [5.41, 5.74) is 1.60. The Morgan fingerprint density at radius 3 is 2.62 bits per heavy atom. The standard InChI is InChI=1S/C25H23F3N4O2/c1-15-5-8-18(23(31-15)19-4-2-3-11-29-19)24(33)32-14-16-6-9-20(32)21(12-16)34-22-10-7-17(13-30-22)25(26,27)28/h2-5,7-8,10-11,13,16,20-21H,6,9,12,14H2,1H3/t16?,20-,21+/m0/s1. The van der Waals surface area contributed by atoms with Crippen molar-refractivity contribution in [3.63, 3.8) is 0 Å². The first-order valence-electron chi connectivity index (χ1n) is 11.2. The van der Waals surface area contributed by atoms with Gasteiger partial charge in [-0.25, -0.2) is 4.98 Å². The molecule has 34 heavy (non-hydrogen) atoms. The highest BCUT2D eigenvalue weighted by Crippen LogP contribution is 2.39. The van der Waals surface area contributed by atoms with E-state index < -0.39 is 11.7 Å². The number of nitrogens with zero attached hydrogens (tertiary/aromatic N) is 4. The number of carbonyl (C=O) groups excluding carboxylic acids is 1. The van der Waals surface area contributed by atoms with E-state index in [4.69, 9.17) is 4.74 Å². The first kappa shape index (κ1) is 22.3. The monoisotopic (exact) mass is 468 g/mol. The molecule has 1 saturated carbocycles. The van der Waals surface area contributed by atoms with Crippen molar-refractivity contribution in [2.75, 3.05) is 6.54 Å². The van der Waals surface area contributed by atoms with E-state index in [-0.39, 0.29) is 29.9 Å². The highest BCUT2D eigenvalue weighted by atomic mass is 19.4. The van der Waals surface area contributed by atoms with Crippen LogP contribution in [0.1, 0.15) is 40.9 Å². The van der Waals surface area contributed by atoms with Gasteiger partial charge in [0.15, 0.2) is 0 Å². The maximum absolute atomic E-state index is 13.7. The van der Waals surface area contributed by atoms with E-state index in [1.165, 1.54) is 6.07 Å². The van der Waals surface area contributed by atoms with E-state index in [9.17, 15) is 18.0 Å². The molecular weight excluding hydrogens is 445 g/mol. The van der Waals surface area contributed by atoms with Crippen molar-refractivity contribution < 1.29 is 22.7 Å². The Morgan fingerprint density at radius 2 is 1.94 bits per heavy atom. The van der Waals surface area contributed by atoms with Crippen LogP contribution in [-0.4, -0.2) is 44.4 Å². The zero-order valence-electron chi connectivity index (χ0n) is 18.5. The number of pyridine rings is 3. The van der Waals surface area contributed by atoms with Gasteiger partial charge < -0.3 is 9.64 Å². The summed E-state index contributed by atoms with van der Waals surface area (Å²) in [5, 5.41) is 0. The van der Waals surface area contributed by atoms with Crippen LogP contribution in [0.25, 0.3) is 11.4 Å². The van der Waals surface area contributed by atoms with E-state index >= 15 is 0 Å². The van der Waals surface area contributed by atoms with Gasteiger partial charge >= 0.3 is 6.18 Å². The molecule has 3 aromatic rings. The summed E-state index contributed by atoms with van der Waals surface area (Å²) in [6, 6.07) is 11.1. The predicted octanol–water partition coefficient (Wildman–Crippen LogP) is 4.94. The van der Waals surface area contributed by atoms with Crippen LogP contribution < -0.4 is 4.74 Å². The number of halogens is 3. The third-order valence-electron chi connectivity index (χ3n) is 6.49. The van der Waals surface area contributed by atoms with Gasteiger partial charge in [0.05, 0.1) is 22.9 Å². The van der Waals surface area contributed by atoms with E-state index in [2.05, 4.69) is 15.0 Å². The number of piperidine rings is 2. The summed E-state index contributed by atoms with van der Waals surface area (Å²) in [5.74, 6) is 0.241. The SMILES string of the molecule is Cc1ccc(C(=O)N2CC3CC[C@H]2[C@H](Oc2ccc(C(F)(F)F)cn2)C3)c(-c2ccccn2)n1. The van der Waals surface area contributed by atoms with Crippen molar-refractivity contribution >= 4 is 5.91 Å². The lowest BCUT2D eigenvalue weighted by Gasteiger charge is -2.49. The van der Waals surface area contributed by atoms with E-state index in [1.807, 2.05) is 36.1 Å². The molecule has 2 aliphatic heterocycles. The first-order valence-corrected chi connectivity index (χ1v) is 11.2. The van der Waals surface area contributed by atoms with Crippen LogP contribution in [0.2, 0.25) is 0 Å². The molecule has 0 radical (unpaired) electrons. The molecular formula is C25H23F3N4O2. The number of carbonyl (C=O) groups is 1. The summed E-state index contributed by atoms with van der Waals surface area (Å²) in [6.07, 6.45) is 0.127. The average molecular weight is 468 g/mol. The maximum Gasteiger partial charge on any atom is 0.417 e. The third-order valence-corrected chi connectivity index (χ3v) is 6.49. The number of hydrogen-bond acceptors (Lipinski definition) is 5. The highest BCUT2D eigenvalue weighted by Gasteiger charge is 2.45. The van der Waals surface area contributed by atoms with Gasteiger partial charge in [-0.3, -0.25) is 14.8 Å². The number of ether oxygens (including phenoxy) is 1. The Morgan fingerprint density at radius 1 is 1.09 bits per heavy atom. The summed E-state index contributed by atoms with van der Waals surface area (Å²) < 4.78 is 44.5. The molecule has 5 heterocycles. The lowest BCUT2D eigenvalue weighted by Crippen LogP contribution is -2.59. The zero-order chi connectivity index (χ0) is 23.9. The van der Waals surface area contributed by atoms with Gasteiger partial charge in [0, 0.05) is 30.7 Å². The quantitative estimate of drug-likeness (QED) is 0.543. The van der Waals surface area contributed by atoms with Gasteiger partial charge in [-0.05, 0) is 62.4 Å². The molecule has 3 fully saturated rings. The second kappa shape index (κ2) is 8.70. The molecule has 3 atom stereocenters. The summed E-state index contributed by atoms with van der Waals surface area (Å²) in [6.45, 7) is 2.48. The molecule has 3 aromatic heterocycles. The highest BCUT2D eigenvalue weighted by molar-refractivity contribution is 6.00. The molecule has 0 spiro atoms. The second-order valence-corrected chi connectivity index (χ2v) is 8.81. The first-order chi connectivity index (χ1) is 16.3. The lowest BCUT2D eigenvalue weighted by atomic mass is 9.77. The Hall–Kier alpha value is -3.49. The maximum atomic E-state index is 13.7. The summed E-state index contributed by atoms with van der Waals surface area (Å²) >= 11 is 0. The van der Waals surface area contributed by atoms with Gasteiger partial charge in [0.1, 0.15) is 11.8 Å². The molecule has 1 amide bonds. The van der Waals surface area contributed by atoms with E-state index in [0.29, 0.717) is 23.5 Å². The number of hydrogen-bond donors (Lipinski definition) is 0.